The number of nitrogens with one attached hydrogen (secondary N) is 1. The van der Waals surface area contributed by atoms with Crippen LogP contribution in [0.4, 0.5) is 5.69 Å². The molecular weight excluding hydrogens is 380 g/mol. The Morgan fingerprint density at radius 3 is 2.50 bits per heavy atom. The van der Waals surface area contributed by atoms with E-state index in [1.165, 1.54) is 0 Å². The Morgan fingerprint density at radius 1 is 1.03 bits per heavy atom. The lowest BCUT2D eigenvalue weighted by Crippen LogP contribution is -2.20. The SMILES string of the molecule is COc1ccccc1NC(=O)Cn1c(C)cc(-c2nnc(-c3ccccc3)o2)c1C. The molecule has 30 heavy (non-hydrogen) atoms. The lowest BCUT2D eigenvalue weighted by molar-refractivity contribution is -0.116. The van der Waals surface area contributed by atoms with E-state index in [2.05, 4.69) is 15.5 Å². The molecule has 0 spiro atoms. The minimum atomic E-state index is -0.150. The van der Waals surface area contributed by atoms with Gasteiger partial charge in [0.1, 0.15) is 12.3 Å². The third-order valence-corrected chi connectivity index (χ3v) is 4.93. The summed E-state index contributed by atoms with van der Waals surface area (Å²) in [5.74, 6) is 1.36. The number of benzene rings is 2. The second-order valence-corrected chi connectivity index (χ2v) is 6.90. The number of carbonyl (C=O) groups is 1. The van der Waals surface area contributed by atoms with E-state index in [1.54, 1.807) is 19.2 Å². The molecule has 0 saturated heterocycles. The molecule has 2 aromatic heterocycles. The summed E-state index contributed by atoms with van der Waals surface area (Å²) in [7, 11) is 1.58. The van der Waals surface area contributed by atoms with Gasteiger partial charge in [-0.25, -0.2) is 0 Å². The Hall–Kier alpha value is -3.87. The maximum Gasteiger partial charge on any atom is 0.249 e. The van der Waals surface area contributed by atoms with E-state index < -0.39 is 0 Å². The number of para-hydroxylation sites is 2. The highest BCUT2D eigenvalue weighted by Crippen LogP contribution is 2.29. The largest absolute Gasteiger partial charge is 0.495 e. The van der Waals surface area contributed by atoms with Crippen molar-refractivity contribution >= 4 is 11.6 Å². The number of methoxy groups -OCH3 is 1. The smallest absolute Gasteiger partial charge is 0.249 e. The number of ether oxygens (including phenoxy) is 1. The van der Waals surface area contributed by atoms with Crippen LogP contribution < -0.4 is 10.1 Å². The van der Waals surface area contributed by atoms with Gasteiger partial charge in [0.05, 0.1) is 18.4 Å². The van der Waals surface area contributed by atoms with Crippen molar-refractivity contribution in [3.05, 3.63) is 72.1 Å². The van der Waals surface area contributed by atoms with Gasteiger partial charge in [0, 0.05) is 17.0 Å². The minimum absolute atomic E-state index is 0.150. The van der Waals surface area contributed by atoms with Gasteiger partial charge in [-0.15, -0.1) is 10.2 Å². The van der Waals surface area contributed by atoms with Gasteiger partial charge in [0.25, 0.3) is 0 Å². The third-order valence-electron chi connectivity index (χ3n) is 4.93. The molecule has 0 unspecified atom stereocenters. The molecule has 2 aromatic carbocycles. The summed E-state index contributed by atoms with van der Waals surface area (Å²) in [6.07, 6.45) is 0. The van der Waals surface area contributed by atoms with E-state index in [-0.39, 0.29) is 12.5 Å². The highest BCUT2D eigenvalue weighted by Gasteiger charge is 2.19. The fourth-order valence-electron chi connectivity index (χ4n) is 3.37. The number of hydrogen-bond acceptors (Lipinski definition) is 5. The van der Waals surface area contributed by atoms with Crippen LogP contribution in [0.2, 0.25) is 0 Å². The van der Waals surface area contributed by atoms with Crippen LogP contribution >= 0.6 is 0 Å². The average Bonchev–Trinajstić information content (AvgIpc) is 3.35. The van der Waals surface area contributed by atoms with Gasteiger partial charge in [-0.2, -0.15) is 0 Å². The van der Waals surface area contributed by atoms with E-state index in [9.17, 15) is 4.79 Å². The van der Waals surface area contributed by atoms with Crippen LogP contribution in [0.3, 0.4) is 0 Å². The molecule has 4 aromatic rings. The first-order valence-electron chi connectivity index (χ1n) is 9.55. The molecule has 7 nitrogen and oxygen atoms in total. The lowest BCUT2D eigenvalue weighted by atomic mass is 10.2. The third kappa shape index (κ3) is 3.82. The van der Waals surface area contributed by atoms with Crippen molar-refractivity contribution in [2.75, 3.05) is 12.4 Å². The van der Waals surface area contributed by atoms with Gasteiger partial charge < -0.3 is 19.0 Å². The number of amides is 1. The first-order chi connectivity index (χ1) is 14.6. The molecule has 0 aliphatic carbocycles. The van der Waals surface area contributed by atoms with Gasteiger partial charge in [-0.1, -0.05) is 30.3 Å². The molecule has 1 N–H and O–H groups in total. The maximum atomic E-state index is 12.7. The van der Waals surface area contributed by atoms with Crippen molar-refractivity contribution in [1.29, 1.82) is 0 Å². The van der Waals surface area contributed by atoms with E-state index in [4.69, 9.17) is 9.15 Å². The van der Waals surface area contributed by atoms with Gasteiger partial charge in [0.2, 0.25) is 17.7 Å². The molecule has 0 aliphatic heterocycles. The van der Waals surface area contributed by atoms with Crippen LogP contribution in [0.25, 0.3) is 22.9 Å². The van der Waals surface area contributed by atoms with E-state index in [1.807, 2.05) is 66.9 Å². The highest BCUT2D eigenvalue weighted by atomic mass is 16.5. The maximum absolute atomic E-state index is 12.7. The van der Waals surface area contributed by atoms with Crippen molar-refractivity contribution < 1.29 is 13.9 Å². The fourth-order valence-corrected chi connectivity index (χ4v) is 3.37. The van der Waals surface area contributed by atoms with Crippen LogP contribution in [-0.4, -0.2) is 27.8 Å². The quantitative estimate of drug-likeness (QED) is 0.515. The predicted octanol–water partition coefficient (Wildman–Crippen LogP) is 4.47. The van der Waals surface area contributed by atoms with E-state index >= 15 is 0 Å². The number of aromatic nitrogens is 3. The molecule has 0 bridgehead atoms. The molecule has 0 fully saturated rings. The van der Waals surface area contributed by atoms with Crippen LogP contribution in [0.15, 0.2) is 65.1 Å². The summed E-state index contributed by atoms with van der Waals surface area (Å²) in [4.78, 5) is 12.7. The average molecular weight is 402 g/mol. The number of anilines is 1. The summed E-state index contributed by atoms with van der Waals surface area (Å²) in [5.41, 5.74) is 4.12. The summed E-state index contributed by atoms with van der Waals surface area (Å²) in [5, 5.41) is 11.3. The molecule has 4 rings (SSSR count). The summed E-state index contributed by atoms with van der Waals surface area (Å²) < 4.78 is 13.1. The molecule has 152 valence electrons. The monoisotopic (exact) mass is 402 g/mol. The molecular formula is C23H22N4O3. The Labute approximate surface area is 174 Å². The molecule has 7 heteroatoms. The summed E-state index contributed by atoms with van der Waals surface area (Å²) in [6, 6.07) is 18.9. The van der Waals surface area contributed by atoms with Crippen LogP contribution in [0.5, 0.6) is 5.75 Å². The Kier molecular flexibility index (Phi) is 5.34. The standard InChI is InChI=1S/C23H22N4O3/c1-15-13-18(23-26-25-22(30-23)17-9-5-4-6-10-17)16(2)27(15)14-21(28)24-19-11-7-8-12-20(19)29-3/h4-13H,14H2,1-3H3,(H,24,28). The van der Waals surface area contributed by atoms with Crippen LogP contribution in [0.1, 0.15) is 11.4 Å². The van der Waals surface area contributed by atoms with Crippen molar-refractivity contribution in [2.45, 2.75) is 20.4 Å². The van der Waals surface area contributed by atoms with Gasteiger partial charge >= 0.3 is 0 Å². The number of nitrogens with zero attached hydrogens (tertiary/aromatic N) is 3. The Balaban J connectivity index is 1.55. The van der Waals surface area contributed by atoms with Gasteiger partial charge in [-0.3, -0.25) is 4.79 Å². The predicted molar refractivity (Wildman–Crippen MR) is 114 cm³/mol. The zero-order chi connectivity index (χ0) is 21.1. The molecule has 1 amide bonds. The lowest BCUT2D eigenvalue weighted by Gasteiger charge is -2.12. The molecule has 0 radical (unpaired) electrons. The van der Waals surface area contributed by atoms with Gasteiger partial charge in [0.15, 0.2) is 0 Å². The van der Waals surface area contributed by atoms with Crippen LogP contribution in [0, 0.1) is 13.8 Å². The zero-order valence-corrected chi connectivity index (χ0v) is 17.0. The molecule has 0 atom stereocenters. The minimum Gasteiger partial charge on any atom is -0.495 e. The Morgan fingerprint density at radius 2 is 1.73 bits per heavy atom. The summed E-state index contributed by atoms with van der Waals surface area (Å²) >= 11 is 0. The fraction of sp³-hybridized carbons (Fsp3) is 0.174. The first-order valence-corrected chi connectivity index (χ1v) is 9.55. The van der Waals surface area contributed by atoms with E-state index in [0.29, 0.717) is 23.2 Å². The number of carbonyl (C=O) groups excluding carboxylic acids is 1. The first kappa shape index (κ1) is 19.4. The number of rotatable bonds is 6. The van der Waals surface area contributed by atoms with Crippen molar-refractivity contribution in [1.82, 2.24) is 14.8 Å². The number of aryl methyl sites for hydroxylation is 1. The van der Waals surface area contributed by atoms with Crippen molar-refractivity contribution in [3.63, 3.8) is 0 Å². The normalized spacial score (nSPS) is 10.8. The number of hydrogen-bond donors (Lipinski definition) is 1. The molecule has 0 aliphatic rings. The van der Waals surface area contributed by atoms with E-state index in [0.717, 1.165) is 22.5 Å². The molecule has 2 heterocycles. The molecule has 0 saturated carbocycles. The van der Waals surface area contributed by atoms with Gasteiger partial charge in [-0.05, 0) is 44.2 Å². The van der Waals surface area contributed by atoms with Crippen LogP contribution in [-0.2, 0) is 11.3 Å². The second-order valence-electron chi connectivity index (χ2n) is 6.90. The highest BCUT2D eigenvalue weighted by molar-refractivity contribution is 5.92. The topological polar surface area (TPSA) is 82.2 Å². The summed E-state index contributed by atoms with van der Waals surface area (Å²) in [6.45, 7) is 4.04. The van der Waals surface area contributed by atoms with Crippen molar-refractivity contribution in [2.24, 2.45) is 0 Å². The second kappa shape index (κ2) is 8.24. The Bertz CT molecular complexity index is 1180. The van der Waals surface area contributed by atoms with Crippen molar-refractivity contribution in [3.8, 4) is 28.7 Å². The zero-order valence-electron chi connectivity index (χ0n) is 17.0.